The number of phenolic OH excluding ortho intramolecular Hbond substituents is 1. The first-order chi connectivity index (χ1) is 10.5. The Labute approximate surface area is 130 Å². The lowest BCUT2D eigenvalue weighted by Gasteiger charge is -2.04. The lowest BCUT2D eigenvalue weighted by Crippen LogP contribution is -2.19. The van der Waals surface area contributed by atoms with E-state index in [9.17, 15) is 9.90 Å². The van der Waals surface area contributed by atoms with Crippen LogP contribution in [0.3, 0.4) is 0 Å². The van der Waals surface area contributed by atoms with Gasteiger partial charge in [-0.3, -0.25) is 4.79 Å². The predicted octanol–water partition coefficient (Wildman–Crippen LogP) is 3.21. The Balaban J connectivity index is 1.86. The van der Waals surface area contributed by atoms with Crippen LogP contribution in [0.5, 0.6) is 5.75 Å². The summed E-state index contributed by atoms with van der Waals surface area (Å²) >= 11 is 0. The lowest BCUT2D eigenvalue weighted by atomic mass is 10.0. The third-order valence-electron chi connectivity index (χ3n) is 3.31. The van der Waals surface area contributed by atoms with Gasteiger partial charge < -0.3 is 5.11 Å². The van der Waals surface area contributed by atoms with Crippen molar-refractivity contribution in [3.8, 4) is 5.75 Å². The fourth-order valence-electron chi connectivity index (χ4n) is 1.98. The van der Waals surface area contributed by atoms with E-state index in [1.54, 1.807) is 30.5 Å². The van der Waals surface area contributed by atoms with E-state index in [0.29, 0.717) is 5.92 Å². The summed E-state index contributed by atoms with van der Waals surface area (Å²) in [5.74, 6) is 0.490. The molecule has 114 valence electrons. The van der Waals surface area contributed by atoms with Crippen molar-refractivity contribution in [1.29, 1.82) is 0 Å². The highest BCUT2D eigenvalue weighted by molar-refractivity contribution is 5.83. The van der Waals surface area contributed by atoms with Crippen molar-refractivity contribution >= 4 is 12.1 Å². The van der Waals surface area contributed by atoms with Gasteiger partial charge in [0.25, 0.3) is 0 Å². The molecule has 0 saturated carbocycles. The maximum atomic E-state index is 11.7. The van der Waals surface area contributed by atoms with Gasteiger partial charge in [-0.1, -0.05) is 50.2 Å². The fraction of sp³-hybridized carbons (Fsp3) is 0.222. The zero-order valence-corrected chi connectivity index (χ0v) is 12.8. The van der Waals surface area contributed by atoms with Gasteiger partial charge in [-0.15, -0.1) is 0 Å². The normalized spacial score (nSPS) is 11.0. The number of carbonyl (C=O) groups is 1. The van der Waals surface area contributed by atoms with Crippen molar-refractivity contribution in [2.75, 3.05) is 0 Å². The molecule has 0 aliphatic rings. The molecule has 2 N–H and O–H groups in total. The number of aromatic hydroxyl groups is 1. The zero-order valence-electron chi connectivity index (χ0n) is 12.8. The van der Waals surface area contributed by atoms with E-state index in [4.69, 9.17) is 0 Å². The van der Waals surface area contributed by atoms with Crippen molar-refractivity contribution in [2.24, 2.45) is 5.10 Å². The number of rotatable bonds is 5. The van der Waals surface area contributed by atoms with E-state index in [-0.39, 0.29) is 18.1 Å². The number of nitrogens with zero attached hydrogens (tertiary/aromatic N) is 1. The molecule has 0 spiro atoms. The molecule has 0 aromatic heterocycles. The average Bonchev–Trinajstić information content (AvgIpc) is 2.50. The van der Waals surface area contributed by atoms with Gasteiger partial charge >= 0.3 is 0 Å². The van der Waals surface area contributed by atoms with Crippen molar-refractivity contribution in [1.82, 2.24) is 5.43 Å². The minimum absolute atomic E-state index is 0.187. The van der Waals surface area contributed by atoms with Gasteiger partial charge in [0, 0.05) is 0 Å². The lowest BCUT2D eigenvalue weighted by molar-refractivity contribution is -0.120. The van der Waals surface area contributed by atoms with Crippen molar-refractivity contribution in [3.05, 3.63) is 65.2 Å². The summed E-state index contributed by atoms with van der Waals surface area (Å²) in [5, 5.41) is 13.1. The number of nitrogens with one attached hydrogen (secondary N) is 1. The molecule has 0 aliphatic heterocycles. The highest BCUT2D eigenvalue weighted by Gasteiger charge is 2.02. The summed E-state index contributed by atoms with van der Waals surface area (Å²) in [4.78, 5) is 11.7. The van der Waals surface area contributed by atoms with Crippen LogP contribution in [0.2, 0.25) is 0 Å². The number of amides is 1. The third-order valence-corrected chi connectivity index (χ3v) is 3.31. The summed E-state index contributed by atoms with van der Waals surface area (Å²) in [6.45, 7) is 4.29. The Morgan fingerprint density at radius 3 is 2.36 bits per heavy atom. The van der Waals surface area contributed by atoms with Gasteiger partial charge in [0.1, 0.15) is 5.75 Å². The van der Waals surface area contributed by atoms with Crippen molar-refractivity contribution < 1.29 is 9.90 Å². The van der Waals surface area contributed by atoms with Crippen LogP contribution in [0, 0.1) is 0 Å². The third kappa shape index (κ3) is 4.74. The Morgan fingerprint density at radius 2 is 1.77 bits per heavy atom. The van der Waals surface area contributed by atoms with Gasteiger partial charge in [0.15, 0.2) is 0 Å². The first-order valence-corrected chi connectivity index (χ1v) is 7.24. The number of hydrazone groups is 1. The van der Waals surface area contributed by atoms with Crippen LogP contribution in [0.15, 0.2) is 53.6 Å². The van der Waals surface area contributed by atoms with Crippen LogP contribution < -0.4 is 5.43 Å². The highest BCUT2D eigenvalue weighted by Crippen LogP contribution is 2.14. The zero-order chi connectivity index (χ0) is 15.9. The molecule has 0 radical (unpaired) electrons. The monoisotopic (exact) mass is 296 g/mol. The summed E-state index contributed by atoms with van der Waals surface area (Å²) in [6.07, 6.45) is 1.85. The Morgan fingerprint density at radius 1 is 1.14 bits per heavy atom. The smallest absolute Gasteiger partial charge is 0.244 e. The number of benzene rings is 2. The van der Waals surface area contributed by atoms with E-state index in [2.05, 4.69) is 36.5 Å². The van der Waals surface area contributed by atoms with E-state index >= 15 is 0 Å². The molecule has 0 unspecified atom stereocenters. The maximum Gasteiger partial charge on any atom is 0.244 e. The molecular weight excluding hydrogens is 276 g/mol. The Kier molecular flexibility index (Phi) is 5.31. The molecule has 2 aromatic rings. The van der Waals surface area contributed by atoms with Crippen molar-refractivity contribution in [3.63, 3.8) is 0 Å². The Bertz CT molecular complexity index is 644. The van der Waals surface area contributed by atoms with Gasteiger partial charge in [-0.05, 0) is 34.7 Å². The second-order valence-electron chi connectivity index (χ2n) is 5.46. The summed E-state index contributed by atoms with van der Waals surface area (Å²) in [7, 11) is 0. The molecule has 0 bridgehead atoms. The van der Waals surface area contributed by atoms with Gasteiger partial charge in [0.05, 0.1) is 12.6 Å². The first kappa shape index (κ1) is 15.8. The molecule has 0 saturated heterocycles. The highest BCUT2D eigenvalue weighted by atomic mass is 16.3. The summed E-state index contributed by atoms with van der Waals surface area (Å²) in [6, 6.07) is 14.6. The molecule has 22 heavy (non-hydrogen) atoms. The molecule has 4 heteroatoms. The molecule has 0 heterocycles. The quantitative estimate of drug-likeness (QED) is 0.657. The van der Waals surface area contributed by atoms with Gasteiger partial charge in [-0.25, -0.2) is 5.43 Å². The molecular formula is C18H20N2O2. The van der Waals surface area contributed by atoms with Crippen LogP contribution in [-0.2, 0) is 11.2 Å². The molecule has 1 amide bonds. The van der Waals surface area contributed by atoms with E-state index in [1.807, 2.05) is 12.1 Å². The minimum Gasteiger partial charge on any atom is -0.508 e. The number of hydrogen-bond donors (Lipinski definition) is 2. The van der Waals surface area contributed by atoms with Crippen LogP contribution in [0.4, 0.5) is 0 Å². The SMILES string of the molecule is CC(C)c1ccc(/C=N\NC(=O)Cc2ccc(O)cc2)cc1. The molecule has 0 aliphatic carbocycles. The van der Waals surface area contributed by atoms with Crippen LogP contribution in [0.1, 0.15) is 36.5 Å². The second-order valence-corrected chi connectivity index (χ2v) is 5.46. The molecule has 2 aromatic carbocycles. The topological polar surface area (TPSA) is 61.7 Å². The van der Waals surface area contributed by atoms with Crippen molar-refractivity contribution in [2.45, 2.75) is 26.2 Å². The number of phenols is 1. The standard InChI is InChI=1S/C18H20N2O2/c1-13(2)16-7-3-15(4-8-16)12-19-20-18(22)11-14-5-9-17(21)10-6-14/h3-10,12-13,21H,11H2,1-2H3,(H,20,22)/b19-12-. The number of carbonyl (C=O) groups excluding carboxylic acids is 1. The average molecular weight is 296 g/mol. The summed E-state index contributed by atoms with van der Waals surface area (Å²) < 4.78 is 0. The fourth-order valence-corrected chi connectivity index (χ4v) is 1.98. The molecule has 0 atom stereocenters. The van der Waals surface area contributed by atoms with E-state index in [0.717, 1.165) is 11.1 Å². The number of hydrogen-bond acceptors (Lipinski definition) is 3. The van der Waals surface area contributed by atoms with E-state index < -0.39 is 0 Å². The first-order valence-electron chi connectivity index (χ1n) is 7.24. The van der Waals surface area contributed by atoms with Gasteiger partial charge in [-0.2, -0.15) is 5.10 Å². The maximum absolute atomic E-state index is 11.7. The summed E-state index contributed by atoms with van der Waals surface area (Å²) in [5.41, 5.74) is 5.54. The van der Waals surface area contributed by atoms with Crippen LogP contribution in [-0.4, -0.2) is 17.2 Å². The second kappa shape index (κ2) is 7.41. The molecule has 0 fully saturated rings. The predicted molar refractivity (Wildman–Crippen MR) is 88.1 cm³/mol. The van der Waals surface area contributed by atoms with Gasteiger partial charge in [0.2, 0.25) is 5.91 Å². The largest absolute Gasteiger partial charge is 0.508 e. The molecule has 2 rings (SSSR count). The Hall–Kier alpha value is -2.62. The van der Waals surface area contributed by atoms with Crippen LogP contribution >= 0.6 is 0 Å². The van der Waals surface area contributed by atoms with E-state index in [1.165, 1.54) is 5.56 Å². The molecule has 4 nitrogen and oxygen atoms in total. The minimum atomic E-state index is -0.194. The van der Waals surface area contributed by atoms with Crippen LogP contribution in [0.25, 0.3) is 0 Å².